The summed E-state index contributed by atoms with van der Waals surface area (Å²) in [7, 11) is -1.53. The number of amidine groups is 1. The van der Waals surface area contributed by atoms with Gasteiger partial charge in [-0.3, -0.25) is 4.99 Å². The maximum absolute atomic E-state index is 14.4. The lowest BCUT2D eigenvalue weighted by Crippen LogP contribution is -2.39. The van der Waals surface area contributed by atoms with Crippen molar-refractivity contribution < 1.29 is 17.5 Å². The number of aliphatic imine (C=N–C) groups is 1. The lowest BCUT2D eigenvalue weighted by atomic mass is 10.1. The summed E-state index contributed by atoms with van der Waals surface area (Å²) in [5, 5.41) is 0.667. The van der Waals surface area contributed by atoms with E-state index < -0.39 is 9.84 Å². The van der Waals surface area contributed by atoms with E-state index in [1.807, 2.05) is 24.3 Å². The minimum atomic E-state index is -3.15. The number of halogens is 1. The fourth-order valence-electron chi connectivity index (χ4n) is 3.43. The highest BCUT2D eigenvalue weighted by Crippen LogP contribution is 2.37. The van der Waals surface area contributed by atoms with E-state index >= 15 is 0 Å². The highest BCUT2D eigenvalue weighted by atomic mass is 32.2. The average Bonchev–Trinajstić information content (AvgIpc) is 3.12. The van der Waals surface area contributed by atoms with Crippen LogP contribution in [0.4, 0.5) is 10.1 Å². The van der Waals surface area contributed by atoms with Gasteiger partial charge in [-0.15, -0.1) is 0 Å². The van der Waals surface area contributed by atoms with Gasteiger partial charge in [0.15, 0.2) is 15.0 Å². The third-order valence-electron chi connectivity index (χ3n) is 4.75. The summed E-state index contributed by atoms with van der Waals surface area (Å²) in [5.74, 6) is 1.09. The summed E-state index contributed by atoms with van der Waals surface area (Å²) in [5.41, 5.74) is 1.46. The van der Waals surface area contributed by atoms with Gasteiger partial charge in [0.2, 0.25) is 0 Å². The van der Waals surface area contributed by atoms with E-state index in [-0.39, 0.29) is 29.4 Å². The van der Waals surface area contributed by atoms with Crippen LogP contribution in [0.25, 0.3) is 0 Å². The van der Waals surface area contributed by atoms with Crippen LogP contribution in [0.2, 0.25) is 0 Å². The van der Waals surface area contributed by atoms with Gasteiger partial charge in [0, 0.05) is 5.75 Å². The number of rotatable bonds is 4. The largest absolute Gasteiger partial charge is 0.497 e. The van der Waals surface area contributed by atoms with E-state index in [1.165, 1.54) is 17.8 Å². The Kier molecular flexibility index (Phi) is 4.86. The van der Waals surface area contributed by atoms with E-state index in [0.29, 0.717) is 16.6 Å². The van der Waals surface area contributed by atoms with Gasteiger partial charge in [0.25, 0.3) is 0 Å². The third-order valence-corrected chi connectivity index (χ3v) is 7.48. The second kappa shape index (κ2) is 7.16. The highest BCUT2D eigenvalue weighted by Gasteiger charge is 2.47. The monoisotopic (exact) mass is 406 g/mol. The lowest BCUT2D eigenvalue weighted by molar-refractivity contribution is 0.414. The zero-order valence-electron chi connectivity index (χ0n) is 14.7. The van der Waals surface area contributed by atoms with Crippen molar-refractivity contribution in [2.75, 3.05) is 23.5 Å². The zero-order chi connectivity index (χ0) is 19.0. The van der Waals surface area contributed by atoms with Crippen LogP contribution in [-0.2, 0) is 15.6 Å². The van der Waals surface area contributed by atoms with Gasteiger partial charge in [-0.05, 0) is 29.8 Å². The fourth-order valence-corrected chi connectivity index (χ4v) is 6.35. The minimum Gasteiger partial charge on any atom is -0.497 e. The molecule has 1 saturated heterocycles. The molecule has 1 fully saturated rings. The molecule has 0 amide bonds. The molecule has 8 heteroatoms. The third kappa shape index (κ3) is 3.68. The van der Waals surface area contributed by atoms with Crippen LogP contribution < -0.4 is 9.64 Å². The van der Waals surface area contributed by atoms with Gasteiger partial charge in [-0.2, -0.15) is 0 Å². The Balaban J connectivity index is 1.60. The molecule has 0 saturated carbocycles. The normalized spacial score (nSPS) is 23.2. The predicted octanol–water partition coefficient (Wildman–Crippen LogP) is 3.11. The molecule has 0 aliphatic carbocycles. The molecule has 27 heavy (non-hydrogen) atoms. The molecule has 0 aromatic heterocycles. The van der Waals surface area contributed by atoms with E-state index in [0.717, 1.165) is 11.3 Å². The Bertz CT molecular complexity index is 977. The number of benzene rings is 2. The first-order valence-corrected chi connectivity index (χ1v) is 11.4. The predicted molar refractivity (Wildman–Crippen MR) is 107 cm³/mol. The summed E-state index contributed by atoms with van der Waals surface area (Å²) in [6, 6.07) is 13.5. The number of ether oxygens (including phenoxy) is 1. The van der Waals surface area contributed by atoms with Crippen LogP contribution in [0.1, 0.15) is 5.56 Å². The molecule has 0 bridgehead atoms. The van der Waals surface area contributed by atoms with Gasteiger partial charge < -0.3 is 9.64 Å². The Morgan fingerprint density at radius 2 is 1.93 bits per heavy atom. The van der Waals surface area contributed by atoms with E-state index in [1.54, 1.807) is 30.2 Å². The van der Waals surface area contributed by atoms with Gasteiger partial charge >= 0.3 is 0 Å². The van der Waals surface area contributed by atoms with Crippen LogP contribution in [0, 0.1) is 5.82 Å². The van der Waals surface area contributed by atoms with Gasteiger partial charge in [-0.1, -0.05) is 36.0 Å². The molecule has 2 aromatic carbocycles. The summed E-state index contributed by atoms with van der Waals surface area (Å²) in [6.07, 6.45) is 0. The van der Waals surface area contributed by atoms with E-state index in [4.69, 9.17) is 4.74 Å². The molecule has 2 atom stereocenters. The maximum Gasteiger partial charge on any atom is 0.164 e. The van der Waals surface area contributed by atoms with Crippen molar-refractivity contribution in [2.45, 2.75) is 17.8 Å². The first kappa shape index (κ1) is 18.3. The van der Waals surface area contributed by atoms with Gasteiger partial charge in [0.05, 0.1) is 36.4 Å². The molecule has 2 heterocycles. The number of anilines is 1. The molecule has 4 rings (SSSR count). The van der Waals surface area contributed by atoms with Crippen LogP contribution in [0.15, 0.2) is 53.5 Å². The first-order valence-electron chi connectivity index (χ1n) is 8.54. The molecule has 2 unspecified atom stereocenters. The van der Waals surface area contributed by atoms with Gasteiger partial charge in [-0.25, -0.2) is 12.8 Å². The van der Waals surface area contributed by atoms with Crippen molar-refractivity contribution in [1.82, 2.24) is 0 Å². The molecule has 5 nitrogen and oxygen atoms in total. The smallest absolute Gasteiger partial charge is 0.164 e. The van der Waals surface area contributed by atoms with Crippen LogP contribution in [0.5, 0.6) is 5.75 Å². The Hall–Kier alpha value is -2.06. The van der Waals surface area contributed by atoms with E-state index in [2.05, 4.69) is 4.99 Å². The summed E-state index contributed by atoms with van der Waals surface area (Å²) >= 11 is 1.49. The number of methoxy groups -OCH3 is 1. The van der Waals surface area contributed by atoms with Crippen molar-refractivity contribution in [3.05, 3.63) is 59.9 Å². The quantitative estimate of drug-likeness (QED) is 0.781. The Labute approximate surface area is 162 Å². The van der Waals surface area contributed by atoms with Crippen LogP contribution >= 0.6 is 11.8 Å². The molecule has 2 aliphatic rings. The lowest BCUT2D eigenvalue weighted by Gasteiger charge is -2.26. The number of nitrogens with zero attached hydrogens (tertiary/aromatic N) is 2. The second-order valence-corrected chi connectivity index (χ2v) is 9.68. The maximum atomic E-state index is 14.4. The van der Waals surface area contributed by atoms with Crippen molar-refractivity contribution in [3.8, 4) is 5.75 Å². The zero-order valence-corrected chi connectivity index (χ0v) is 16.3. The summed E-state index contributed by atoms with van der Waals surface area (Å²) in [6.45, 7) is 0. The molecule has 0 radical (unpaired) electrons. The minimum absolute atomic E-state index is 0.00208. The number of fused-ring (bicyclic) bond motifs is 1. The molecule has 2 aliphatic heterocycles. The average molecular weight is 407 g/mol. The molecular formula is C19H19FN2O3S2. The molecule has 2 aromatic rings. The number of hydrogen-bond donors (Lipinski definition) is 0. The van der Waals surface area contributed by atoms with Crippen molar-refractivity contribution in [2.24, 2.45) is 4.99 Å². The van der Waals surface area contributed by atoms with Crippen molar-refractivity contribution in [1.29, 1.82) is 0 Å². The molecule has 0 spiro atoms. The van der Waals surface area contributed by atoms with Crippen LogP contribution in [-0.4, -0.2) is 44.3 Å². The Morgan fingerprint density at radius 3 is 2.63 bits per heavy atom. The second-order valence-electron chi connectivity index (χ2n) is 6.58. The summed E-state index contributed by atoms with van der Waals surface area (Å²) in [4.78, 5) is 6.39. The highest BCUT2D eigenvalue weighted by molar-refractivity contribution is 8.13. The molecule has 0 N–H and O–H groups in total. The molecule has 142 valence electrons. The SMILES string of the molecule is COc1ccc(CSC2=NC3CS(=O)(=O)CC3N2c2ccccc2F)cc1. The number of para-hydroxylation sites is 1. The first-order chi connectivity index (χ1) is 13.0. The Morgan fingerprint density at radius 1 is 1.19 bits per heavy atom. The fraction of sp³-hybridized carbons (Fsp3) is 0.316. The topological polar surface area (TPSA) is 59.0 Å². The van der Waals surface area contributed by atoms with Crippen molar-refractivity contribution in [3.63, 3.8) is 0 Å². The number of hydrogen-bond acceptors (Lipinski definition) is 6. The standard InChI is InChI=1S/C19H19FN2O3S2/c1-25-14-8-6-13(7-9-14)10-26-19-21-16-11-27(23,24)12-18(16)22(19)17-5-3-2-4-15(17)20/h2-9,16,18H,10-12H2,1H3. The molecular weight excluding hydrogens is 387 g/mol. The van der Waals surface area contributed by atoms with Crippen molar-refractivity contribution >= 4 is 32.5 Å². The summed E-state index contributed by atoms with van der Waals surface area (Å²) < 4.78 is 43.7. The number of thioether (sulfide) groups is 1. The number of sulfone groups is 1. The van der Waals surface area contributed by atoms with Gasteiger partial charge in [0.1, 0.15) is 11.6 Å². The van der Waals surface area contributed by atoms with Crippen LogP contribution in [0.3, 0.4) is 0 Å². The van der Waals surface area contributed by atoms with E-state index in [9.17, 15) is 12.8 Å².